The van der Waals surface area contributed by atoms with E-state index < -0.39 is 4.92 Å². The van der Waals surface area contributed by atoms with Gasteiger partial charge in [0.2, 0.25) is 0 Å². The van der Waals surface area contributed by atoms with Crippen LogP contribution in [0, 0.1) is 10.1 Å². The van der Waals surface area contributed by atoms with Crippen molar-refractivity contribution in [1.29, 1.82) is 0 Å². The fourth-order valence-corrected chi connectivity index (χ4v) is 3.76. The number of hydrogen-bond acceptors (Lipinski definition) is 4. The zero-order valence-corrected chi connectivity index (χ0v) is 16.4. The van der Waals surface area contributed by atoms with E-state index in [1.54, 1.807) is 54.6 Å². The molecule has 1 aromatic heterocycles. The van der Waals surface area contributed by atoms with Crippen molar-refractivity contribution in [2.45, 2.75) is 6.42 Å². The molecule has 0 unspecified atom stereocenters. The number of benzene rings is 3. The molecule has 0 aliphatic heterocycles. The van der Waals surface area contributed by atoms with Crippen molar-refractivity contribution in [1.82, 2.24) is 9.55 Å². The molecule has 4 rings (SSSR count). The summed E-state index contributed by atoms with van der Waals surface area (Å²) in [5.74, 6) is 0.379. The number of fused-ring (bicyclic) bond motifs is 1. The molecule has 3 aromatic carbocycles. The minimum absolute atomic E-state index is 0.0343. The molecule has 0 spiro atoms. The fraction of sp³-hybridized carbons (Fsp3) is 0.0476. The molecule has 4 aromatic rings. The van der Waals surface area contributed by atoms with Crippen molar-refractivity contribution in [3.63, 3.8) is 0 Å². The Labute approximate surface area is 175 Å². The predicted octanol–water partition coefficient (Wildman–Crippen LogP) is 5.19. The maximum atomic E-state index is 13.3. The van der Waals surface area contributed by atoms with Gasteiger partial charge in [0.25, 0.3) is 11.2 Å². The smallest absolute Gasteiger partial charge is 0.268 e. The molecule has 0 N–H and O–H groups in total. The summed E-state index contributed by atoms with van der Waals surface area (Å²) in [5.41, 5.74) is 1.15. The molecule has 0 bridgehead atoms. The average molecular weight is 426 g/mol. The third-order valence-electron chi connectivity index (χ3n) is 4.49. The van der Waals surface area contributed by atoms with Crippen LogP contribution in [-0.4, -0.2) is 14.5 Å². The Bertz CT molecular complexity index is 1300. The molecular weight excluding hydrogens is 413 g/mol. The first-order valence-corrected chi connectivity index (χ1v) is 9.39. The van der Waals surface area contributed by atoms with Gasteiger partial charge in [0.05, 0.1) is 31.6 Å². The van der Waals surface area contributed by atoms with Gasteiger partial charge in [-0.1, -0.05) is 53.5 Å². The van der Waals surface area contributed by atoms with Crippen LogP contribution in [-0.2, 0) is 6.42 Å². The van der Waals surface area contributed by atoms with Crippen LogP contribution in [0.5, 0.6) is 0 Å². The molecule has 0 fully saturated rings. The molecule has 0 saturated carbocycles. The second kappa shape index (κ2) is 7.66. The van der Waals surface area contributed by atoms with Gasteiger partial charge in [-0.3, -0.25) is 19.5 Å². The quantitative estimate of drug-likeness (QED) is 0.332. The lowest BCUT2D eigenvalue weighted by atomic mass is 10.1. The Morgan fingerprint density at radius 3 is 2.38 bits per heavy atom. The maximum absolute atomic E-state index is 13.3. The first-order valence-electron chi connectivity index (χ1n) is 8.64. The highest BCUT2D eigenvalue weighted by Gasteiger charge is 2.18. The minimum Gasteiger partial charge on any atom is -0.268 e. The van der Waals surface area contributed by atoms with Crippen molar-refractivity contribution in [3.8, 4) is 5.69 Å². The number of hydrogen-bond donors (Lipinski definition) is 0. The zero-order valence-electron chi connectivity index (χ0n) is 14.9. The molecule has 0 amide bonds. The summed E-state index contributed by atoms with van der Waals surface area (Å²) in [5, 5.41) is 12.1. The van der Waals surface area contributed by atoms with Crippen molar-refractivity contribution in [2.75, 3.05) is 0 Å². The molecular formula is C21H13Cl2N3O3. The summed E-state index contributed by atoms with van der Waals surface area (Å²) in [6, 6.07) is 18.1. The van der Waals surface area contributed by atoms with E-state index in [-0.39, 0.29) is 17.7 Å². The lowest BCUT2D eigenvalue weighted by Gasteiger charge is -2.16. The second-order valence-electron chi connectivity index (χ2n) is 6.36. The lowest BCUT2D eigenvalue weighted by Crippen LogP contribution is -2.24. The number of para-hydroxylation sites is 2. The van der Waals surface area contributed by atoms with Gasteiger partial charge < -0.3 is 0 Å². The highest BCUT2D eigenvalue weighted by molar-refractivity contribution is 6.37. The third-order valence-corrected chi connectivity index (χ3v) is 5.10. The number of rotatable bonds is 4. The van der Waals surface area contributed by atoms with E-state index >= 15 is 0 Å². The van der Waals surface area contributed by atoms with Gasteiger partial charge in [0.1, 0.15) is 5.82 Å². The average Bonchev–Trinajstić information content (AvgIpc) is 2.70. The molecule has 144 valence electrons. The molecule has 6 nitrogen and oxygen atoms in total. The standard InChI is InChI=1S/C21H13Cl2N3O3/c22-16-8-4-9-17(23)20(16)25-19(12-13-5-3-6-14(11-13)26(28)29)24-18-10-2-1-7-15(18)21(25)27/h1-11H,12H2. The van der Waals surface area contributed by atoms with Crippen LogP contribution in [0.25, 0.3) is 16.6 Å². The number of aromatic nitrogens is 2. The molecule has 0 radical (unpaired) electrons. The monoisotopic (exact) mass is 425 g/mol. The summed E-state index contributed by atoms with van der Waals surface area (Å²) in [6.07, 6.45) is 0.184. The van der Waals surface area contributed by atoms with Crippen LogP contribution in [0.15, 0.2) is 71.5 Å². The number of nitrogens with zero attached hydrogens (tertiary/aromatic N) is 3. The highest BCUT2D eigenvalue weighted by Crippen LogP contribution is 2.29. The second-order valence-corrected chi connectivity index (χ2v) is 7.17. The summed E-state index contributed by atoms with van der Waals surface area (Å²) in [6.45, 7) is 0. The van der Waals surface area contributed by atoms with Crippen molar-refractivity contribution < 1.29 is 4.92 Å². The maximum Gasteiger partial charge on any atom is 0.269 e. The Balaban J connectivity index is 1.99. The van der Waals surface area contributed by atoms with E-state index in [0.29, 0.717) is 38.0 Å². The summed E-state index contributed by atoms with van der Waals surface area (Å²) >= 11 is 12.7. The van der Waals surface area contributed by atoms with E-state index in [9.17, 15) is 14.9 Å². The molecule has 0 aliphatic rings. The van der Waals surface area contributed by atoms with Gasteiger partial charge in [-0.25, -0.2) is 4.98 Å². The molecule has 8 heteroatoms. The van der Waals surface area contributed by atoms with Gasteiger partial charge in [0, 0.05) is 18.6 Å². The molecule has 0 saturated heterocycles. The van der Waals surface area contributed by atoms with Crippen LogP contribution in [0.3, 0.4) is 0 Å². The molecule has 29 heavy (non-hydrogen) atoms. The topological polar surface area (TPSA) is 78.0 Å². The summed E-state index contributed by atoms with van der Waals surface area (Å²) in [7, 11) is 0. The van der Waals surface area contributed by atoms with Crippen LogP contribution in [0.2, 0.25) is 10.0 Å². The number of halogens is 2. The van der Waals surface area contributed by atoms with Crippen molar-refractivity contribution in [2.24, 2.45) is 0 Å². The molecule has 0 aliphatic carbocycles. The van der Waals surface area contributed by atoms with Gasteiger partial charge in [0.15, 0.2) is 0 Å². The molecule has 0 atom stereocenters. The first kappa shape index (κ1) is 19.1. The molecule has 1 heterocycles. The van der Waals surface area contributed by atoms with Crippen LogP contribution in [0.4, 0.5) is 5.69 Å². The minimum atomic E-state index is -0.463. The lowest BCUT2D eigenvalue weighted by molar-refractivity contribution is -0.384. The van der Waals surface area contributed by atoms with Crippen molar-refractivity contribution in [3.05, 3.63) is 109 Å². The number of nitro benzene ring substituents is 1. The first-order chi connectivity index (χ1) is 14.0. The Morgan fingerprint density at radius 2 is 1.66 bits per heavy atom. The van der Waals surface area contributed by atoms with Gasteiger partial charge in [-0.05, 0) is 29.8 Å². The SMILES string of the molecule is O=c1c2ccccc2nc(Cc2cccc([N+](=O)[O-])c2)n1-c1c(Cl)cccc1Cl. The van der Waals surface area contributed by atoms with Crippen LogP contribution in [0.1, 0.15) is 11.4 Å². The Hall–Kier alpha value is -3.22. The van der Waals surface area contributed by atoms with E-state index in [1.165, 1.54) is 16.7 Å². The number of nitro groups is 1. The van der Waals surface area contributed by atoms with Crippen molar-refractivity contribution >= 4 is 39.8 Å². The number of non-ortho nitro benzene ring substituents is 1. The van der Waals surface area contributed by atoms with E-state index in [2.05, 4.69) is 4.98 Å². The van der Waals surface area contributed by atoms with Gasteiger partial charge in [-0.15, -0.1) is 0 Å². The van der Waals surface area contributed by atoms with Gasteiger partial charge in [-0.2, -0.15) is 0 Å². The third kappa shape index (κ3) is 3.60. The zero-order chi connectivity index (χ0) is 20.5. The largest absolute Gasteiger partial charge is 0.269 e. The highest BCUT2D eigenvalue weighted by atomic mass is 35.5. The summed E-state index contributed by atoms with van der Waals surface area (Å²) in [4.78, 5) is 28.6. The normalized spacial score (nSPS) is 11.0. The van der Waals surface area contributed by atoms with Crippen LogP contribution >= 0.6 is 23.2 Å². The summed E-state index contributed by atoms with van der Waals surface area (Å²) < 4.78 is 1.38. The Morgan fingerprint density at radius 1 is 0.966 bits per heavy atom. The van der Waals surface area contributed by atoms with E-state index in [1.807, 2.05) is 0 Å². The van der Waals surface area contributed by atoms with E-state index in [4.69, 9.17) is 23.2 Å². The van der Waals surface area contributed by atoms with Gasteiger partial charge >= 0.3 is 0 Å². The fourth-order valence-electron chi connectivity index (χ4n) is 3.19. The van der Waals surface area contributed by atoms with Crippen LogP contribution < -0.4 is 5.56 Å². The predicted molar refractivity (Wildman–Crippen MR) is 113 cm³/mol. The van der Waals surface area contributed by atoms with E-state index in [0.717, 1.165) is 0 Å². The Kier molecular flexibility index (Phi) is 5.05.